The summed E-state index contributed by atoms with van der Waals surface area (Å²) in [6.45, 7) is 1.30. The van der Waals surface area contributed by atoms with E-state index in [-0.39, 0.29) is 35.6 Å². The lowest BCUT2D eigenvalue weighted by atomic mass is 9.76. The van der Waals surface area contributed by atoms with Crippen LogP contribution in [-0.2, 0) is 19.1 Å². The zero-order valence-electron chi connectivity index (χ0n) is 21.5. The van der Waals surface area contributed by atoms with Gasteiger partial charge in [0.15, 0.2) is 23.0 Å². The average molecular weight is 489 g/mol. The minimum Gasteiger partial charge on any atom is -0.493 e. The van der Waals surface area contributed by atoms with Gasteiger partial charge in [0.25, 0.3) is 5.91 Å². The normalized spacial score (nSPS) is 26.0. The fourth-order valence-corrected chi connectivity index (χ4v) is 5.49. The van der Waals surface area contributed by atoms with Gasteiger partial charge in [0.05, 0.1) is 45.0 Å². The number of Topliss-reactive ketones (excluding diaryl/α,β-unsaturated/α-hetero) is 1. The summed E-state index contributed by atoms with van der Waals surface area (Å²) in [5, 5.41) is 0. The monoisotopic (exact) mass is 488 g/mol. The van der Waals surface area contributed by atoms with Crippen LogP contribution in [0.25, 0.3) is 0 Å². The van der Waals surface area contributed by atoms with Gasteiger partial charge in [0.1, 0.15) is 6.10 Å². The van der Waals surface area contributed by atoms with E-state index < -0.39 is 6.04 Å². The van der Waals surface area contributed by atoms with Crippen LogP contribution in [0.15, 0.2) is 23.5 Å². The third-order valence-electron chi connectivity index (χ3n) is 7.24. The molecule has 0 bridgehead atoms. The van der Waals surface area contributed by atoms with Crippen molar-refractivity contribution in [1.82, 2.24) is 9.80 Å². The number of ketones is 1. The highest BCUT2D eigenvalue weighted by Crippen LogP contribution is 2.49. The first-order valence-corrected chi connectivity index (χ1v) is 12.1. The van der Waals surface area contributed by atoms with Gasteiger partial charge < -0.3 is 33.5 Å². The van der Waals surface area contributed by atoms with E-state index in [1.165, 1.54) is 0 Å². The molecule has 4 rings (SSSR count). The van der Waals surface area contributed by atoms with Crippen LogP contribution in [0.3, 0.4) is 0 Å². The first kappa shape index (κ1) is 25.3. The lowest BCUT2D eigenvalue weighted by Gasteiger charge is -2.38. The number of rotatable bonds is 9. The molecular weight excluding hydrogens is 452 g/mol. The van der Waals surface area contributed by atoms with Gasteiger partial charge in [-0.3, -0.25) is 9.59 Å². The Bertz CT molecular complexity index is 980. The molecule has 0 aromatic heterocycles. The molecule has 35 heavy (non-hydrogen) atoms. The first-order chi connectivity index (χ1) is 16.8. The van der Waals surface area contributed by atoms with E-state index in [4.69, 9.17) is 23.7 Å². The molecule has 0 radical (unpaired) electrons. The number of carbonyl (C=O) groups is 2. The van der Waals surface area contributed by atoms with Crippen LogP contribution in [0, 0.1) is 5.92 Å². The van der Waals surface area contributed by atoms with Crippen molar-refractivity contribution in [2.24, 2.45) is 5.92 Å². The first-order valence-electron chi connectivity index (χ1n) is 12.1. The molecule has 2 aliphatic heterocycles. The molecule has 0 spiro atoms. The van der Waals surface area contributed by atoms with Gasteiger partial charge in [-0.2, -0.15) is 0 Å². The lowest BCUT2D eigenvalue weighted by Crippen LogP contribution is -2.43. The summed E-state index contributed by atoms with van der Waals surface area (Å²) in [6, 6.07) is 3.05. The van der Waals surface area contributed by atoms with Gasteiger partial charge in [0.2, 0.25) is 5.75 Å². The molecule has 0 N–H and O–H groups in total. The van der Waals surface area contributed by atoms with E-state index in [0.717, 1.165) is 24.9 Å². The molecule has 1 aliphatic carbocycles. The van der Waals surface area contributed by atoms with Crippen LogP contribution in [-0.4, -0.2) is 89.3 Å². The Kier molecular flexibility index (Phi) is 7.56. The third kappa shape index (κ3) is 4.59. The van der Waals surface area contributed by atoms with Crippen molar-refractivity contribution in [3.8, 4) is 17.2 Å². The van der Waals surface area contributed by atoms with Gasteiger partial charge in [-0.25, -0.2) is 0 Å². The standard InChI is InChI=1S/C26H36N2O7/c1-27(2)10-7-11-28-22(15-12-19(32-4)24(34-6)20(13-15)33-5)21-23(29)17-9-8-16(31-3)14-18(17)35-25(21)26(28)30/h12-13,16-18,22H,7-11,14H2,1-6H3. The Morgan fingerprint density at radius 2 is 1.71 bits per heavy atom. The van der Waals surface area contributed by atoms with E-state index in [0.29, 0.717) is 42.2 Å². The number of amides is 1. The molecular formula is C26H36N2O7. The Morgan fingerprint density at radius 1 is 1.03 bits per heavy atom. The predicted octanol–water partition coefficient (Wildman–Crippen LogP) is 2.58. The molecule has 0 saturated heterocycles. The molecule has 1 aromatic carbocycles. The van der Waals surface area contributed by atoms with Crippen molar-refractivity contribution in [3.63, 3.8) is 0 Å². The molecule has 3 aliphatic rings. The predicted molar refractivity (Wildman–Crippen MR) is 129 cm³/mol. The number of fused-ring (bicyclic) bond motifs is 1. The second-order valence-electron chi connectivity index (χ2n) is 9.56. The number of benzene rings is 1. The van der Waals surface area contributed by atoms with Gasteiger partial charge in [-0.05, 0) is 57.6 Å². The van der Waals surface area contributed by atoms with E-state index in [9.17, 15) is 9.59 Å². The minimum absolute atomic E-state index is 0.00647. The second kappa shape index (κ2) is 10.5. The van der Waals surface area contributed by atoms with Crippen LogP contribution >= 0.6 is 0 Å². The van der Waals surface area contributed by atoms with Gasteiger partial charge in [-0.15, -0.1) is 0 Å². The molecule has 2 heterocycles. The highest BCUT2D eigenvalue weighted by atomic mass is 16.5. The maximum absolute atomic E-state index is 13.9. The molecule has 9 heteroatoms. The Labute approximate surface area is 206 Å². The van der Waals surface area contributed by atoms with Crippen LogP contribution in [0.5, 0.6) is 17.2 Å². The van der Waals surface area contributed by atoms with E-state index in [1.807, 2.05) is 26.2 Å². The lowest BCUT2D eigenvalue weighted by molar-refractivity contribution is -0.138. The van der Waals surface area contributed by atoms with Crippen LogP contribution in [0.1, 0.15) is 37.3 Å². The Balaban J connectivity index is 1.78. The quantitative estimate of drug-likeness (QED) is 0.524. The van der Waals surface area contributed by atoms with Crippen LogP contribution < -0.4 is 14.2 Å². The van der Waals surface area contributed by atoms with Crippen LogP contribution in [0.2, 0.25) is 0 Å². The molecule has 1 fully saturated rings. The van der Waals surface area contributed by atoms with E-state index in [1.54, 1.807) is 33.3 Å². The zero-order chi connectivity index (χ0) is 25.3. The summed E-state index contributed by atoms with van der Waals surface area (Å²) in [7, 11) is 10.3. The summed E-state index contributed by atoms with van der Waals surface area (Å²) < 4.78 is 28.4. The summed E-state index contributed by atoms with van der Waals surface area (Å²) in [5.41, 5.74) is 1.16. The van der Waals surface area contributed by atoms with Crippen molar-refractivity contribution in [2.45, 2.75) is 43.9 Å². The second-order valence-corrected chi connectivity index (χ2v) is 9.56. The van der Waals surface area contributed by atoms with Crippen LogP contribution in [0.4, 0.5) is 0 Å². The number of hydrogen-bond donors (Lipinski definition) is 0. The highest BCUT2D eigenvalue weighted by Gasteiger charge is 2.53. The summed E-state index contributed by atoms with van der Waals surface area (Å²) in [4.78, 5) is 31.4. The van der Waals surface area contributed by atoms with Gasteiger partial charge >= 0.3 is 0 Å². The fraction of sp³-hybridized carbons (Fsp3) is 0.615. The smallest absolute Gasteiger partial charge is 0.290 e. The number of methoxy groups -OCH3 is 4. The van der Waals surface area contributed by atoms with Crippen molar-refractivity contribution >= 4 is 11.7 Å². The Hall–Kier alpha value is -2.78. The summed E-state index contributed by atoms with van der Waals surface area (Å²) >= 11 is 0. The highest BCUT2D eigenvalue weighted by molar-refractivity contribution is 6.11. The van der Waals surface area contributed by atoms with Crippen molar-refractivity contribution in [3.05, 3.63) is 29.0 Å². The largest absolute Gasteiger partial charge is 0.493 e. The van der Waals surface area contributed by atoms with E-state index >= 15 is 0 Å². The van der Waals surface area contributed by atoms with Gasteiger partial charge in [0, 0.05) is 20.1 Å². The number of hydrogen-bond acceptors (Lipinski definition) is 8. The van der Waals surface area contributed by atoms with Gasteiger partial charge in [-0.1, -0.05) is 0 Å². The Morgan fingerprint density at radius 3 is 2.29 bits per heavy atom. The molecule has 4 unspecified atom stereocenters. The van der Waals surface area contributed by atoms with Crippen molar-refractivity contribution in [2.75, 3.05) is 55.6 Å². The van der Waals surface area contributed by atoms with Crippen molar-refractivity contribution < 1.29 is 33.3 Å². The zero-order valence-corrected chi connectivity index (χ0v) is 21.5. The molecule has 192 valence electrons. The SMILES string of the molecule is COc1cc(C2C3=C(OC4CC(OC)CCC4C3=O)C(=O)N2CCCN(C)C)cc(OC)c1OC. The molecule has 4 atom stereocenters. The number of nitrogens with zero attached hydrogens (tertiary/aromatic N) is 2. The third-order valence-corrected chi connectivity index (χ3v) is 7.24. The average Bonchev–Trinajstić information content (AvgIpc) is 3.14. The molecule has 9 nitrogen and oxygen atoms in total. The number of ether oxygens (including phenoxy) is 5. The molecule has 1 amide bonds. The molecule has 1 saturated carbocycles. The fourth-order valence-electron chi connectivity index (χ4n) is 5.49. The summed E-state index contributed by atoms with van der Waals surface area (Å²) in [5.74, 6) is 1.05. The molecule has 1 aromatic rings. The van der Waals surface area contributed by atoms with Crippen molar-refractivity contribution in [1.29, 1.82) is 0 Å². The maximum atomic E-state index is 13.9. The summed E-state index contributed by atoms with van der Waals surface area (Å²) in [6.07, 6.45) is 2.52. The number of carbonyl (C=O) groups excluding carboxylic acids is 2. The van der Waals surface area contributed by atoms with E-state index in [2.05, 4.69) is 4.90 Å². The minimum atomic E-state index is -0.582. The maximum Gasteiger partial charge on any atom is 0.290 e. The topological polar surface area (TPSA) is 86.8 Å².